The van der Waals surface area contributed by atoms with Gasteiger partial charge in [0, 0.05) is 19.3 Å². The fraction of sp³-hybridized carbons (Fsp3) is 0.417. The van der Waals surface area contributed by atoms with Gasteiger partial charge in [0.05, 0.1) is 0 Å². The molecule has 0 saturated heterocycles. The smallest absolute Gasteiger partial charge is 0.146 e. The van der Waals surface area contributed by atoms with E-state index in [2.05, 4.69) is 41.1 Å². The Bertz CT molecular complexity index is 287. The molecule has 1 nitrogen and oxygen atoms in total. The van der Waals surface area contributed by atoms with Crippen molar-refractivity contribution in [2.45, 2.75) is 19.3 Å². The Morgan fingerprint density at radius 1 is 1.15 bits per heavy atom. The van der Waals surface area contributed by atoms with Crippen LogP contribution in [0.25, 0.3) is 0 Å². The van der Waals surface area contributed by atoms with Gasteiger partial charge in [-0.2, -0.15) is 0 Å². The summed E-state index contributed by atoms with van der Waals surface area (Å²) in [6.07, 6.45) is 6.13. The van der Waals surface area contributed by atoms with Gasteiger partial charge in [-0.1, -0.05) is 30.3 Å². The lowest BCUT2D eigenvalue weighted by atomic mass is 10.1. The third-order valence-corrected chi connectivity index (χ3v) is 2.57. The highest BCUT2D eigenvalue weighted by Crippen LogP contribution is 2.02. The highest BCUT2D eigenvalue weighted by Gasteiger charge is 2.09. The molecule has 0 aliphatic carbocycles. The highest BCUT2D eigenvalue weighted by atomic mass is 15.0. The lowest BCUT2D eigenvalue weighted by Crippen LogP contribution is -2.12. The third-order valence-electron chi connectivity index (χ3n) is 2.57. The molecule has 0 radical (unpaired) electrons. The van der Waals surface area contributed by atoms with Crippen LogP contribution in [-0.4, -0.2) is 23.9 Å². The van der Waals surface area contributed by atoms with Crippen LogP contribution in [0.4, 0.5) is 0 Å². The minimum atomic E-state index is 1.18. The summed E-state index contributed by atoms with van der Waals surface area (Å²) in [5, 5.41) is 0. The first-order valence-corrected chi connectivity index (χ1v) is 5.06. The lowest BCUT2D eigenvalue weighted by molar-refractivity contribution is -0.515. The molecule has 0 bridgehead atoms. The highest BCUT2D eigenvalue weighted by molar-refractivity contribution is 5.52. The van der Waals surface area contributed by atoms with Crippen LogP contribution < -0.4 is 0 Å². The maximum atomic E-state index is 2.44. The molecule has 0 amide bonds. The van der Waals surface area contributed by atoms with E-state index in [9.17, 15) is 0 Å². The molecule has 0 atom stereocenters. The van der Waals surface area contributed by atoms with Gasteiger partial charge in [0.25, 0.3) is 0 Å². The van der Waals surface area contributed by atoms with E-state index >= 15 is 0 Å². The molecule has 0 unspecified atom stereocenters. The van der Waals surface area contributed by atoms with Gasteiger partial charge >= 0.3 is 0 Å². The van der Waals surface area contributed by atoms with Gasteiger partial charge in [-0.25, -0.2) is 4.58 Å². The van der Waals surface area contributed by atoms with E-state index in [0.29, 0.717) is 0 Å². The van der Waals surface area contributed by atoms with Gasteiger partial charge in [0.1, 0.15) is 19.3 Å². The predicted molar refractivity (Wildman–Crippen MR) is 55.4 cm³/mol. The van der Waals surface area contributed by atoms with E-state index < -0.39 is 0 Å². The molecule has 0 saturated carbocycles. The molecular formula is C12H16N+. The predicted octanol–water partition coefficient (Wildman–Crippen LogP) is 2.11. The zero-order valence-electron chi connectivity index (χ0n) is 7.95. The second kappa shape index (κ2) is 4.22. The Morgan fingerprint density at radius 3 is 2.69 bits per heavy atom. The molecule has 0 N–H and O–H groups in total. The minimum absolute atomic E-state index is 1.18. The van der Waals surface area contributed by atoms with E-state index in [0.717, 1.165) is 0 Å². The summed E-state index contributed by atoms with van der Waals surface area (Å²) in [4.78, 5) is 0. The van der Waals surface area contributed by atoms with Crippen molar-refractivity contribution in [3.63, 3.8) is 0 Å². The second-order valence-corrected chi connectivity index (χ2v) is 3.60. The van der Waals surface area contributed by atoms with Crippen LogP contribution >= 0.6 is 0 Å². The fourth-order valence-electron chi connectivity index (χ4n) is 1.78. The summed E-state index contributed by atoms with van der Waals surface area (Å²) >= 11 is 0. The molecule has 0 fully saturated rings. The van der Waals surface area contributed by atoms with Gasteiger partial charge in [-0.05, 0) is 5.56 Å². The van der Waals surface area contributed by atoms with Crippen molar-refractivity contribution in [1.82, 2.24) is 0 Å². The largest absolute Gasteiger partial charge is 0.239 e. The third kappa shape index (κ3) is 2.41. The summed E-state index contributed by atoms with van der Waals surface area (Å²) in [5.41, 5.74) is 1.45. The zero-order chi connectivity index (χ0) is 8.93. The Kier molecular flexibility index (Phi) is 2.75. The average Bonchev–Trinajstić information content (AvgIpc) is 2.69. The summed E-state index contributed by atoms with van der Waals surface area (Å²) in [5.74, 6) is 0. The summed E-state index contributed by atoms with van der Waals surface area (Å²) in [6.45, 7) is 2.44. The van der Waals surface area contributed by atoms with Crippen molar-refractivity contribution in [2.75, 3.05) is 13.1 Å². The maximum Gasteiger partial charge on any atom is 0.146 e. The zero-order valence-corrected chi connectivity index (χ0v) is 7.95. The standard InChI is InChI=1S/C12H16N/c1-2-6-12(7-3-1)8-11-13-9-4-5-10-13/h1-3,6-7,9H,4-5,8,10-11H2/q+1. The SMILES string of the molecule is C1=[N+](CCc2ccccc2)CCC1. The number of rotatable bonds is 3. The molecule has 68 valence electrons. The van der Waals surface area contributed by atoms with Gasteiger partial charge in [0.15, 0.2) is 0 Å². The Balaban J connectivity index is 1.86. The van der Waals surface area contributed by atoms with Crippen LogP contribution in [0.2, 0.25) is 0 Å². The fourth-order valence-corrected chi connectivity index (χ4v) is 1.78. The molecule has 1 aromatic rings. The summed E-state index contributed by atoms with van der Waals surface area (Å²) in [7, 11) is 0. The lowest BCUT2D eigenvalue weighted by Gasteiger charge is -1.98. The van der Waals surface area contributed by atoms with Crippen LogP contribution in [0.1, 0.15) is 18.4 Å². The van der Waals surface area contributed by atoms with E-state index in [1.165, 1.54) is 37.9 Å². The number of benzene rings is 1. The Labute approximate surface area is 79.7 Å². The van der Waals surface area contributed by atoms with Crippen molar-refractivity contribution >= 4 is 6.21 Å². The van der Waals surface area contributed by atoms with Crippen LogP contribution in [0.3, 0.4) is 0 Å². The van der Waals surface area contributed by atoms with Gasteiger partial charge in [0.2, 0.25) is 0 Å². The molecule has 1 aliphatic rings. The first kappa shape index (κ1) is 8.49. The van der Waals surface area contributed by atoms with E-state index in [1.807, 2.05) is 0 Å². The molecule has 0 spiro atoms. The molecule has 13 heavy (non-hydrogen) atoms. The van der Waals surface area contributed by atoms with Crippen molar-refractivity contribution in [3.8, 4) is 0 Å². The summed E-state index contributed by atoms with van der Waals surface area (Å²) < 4.78 is 2.44. The molecule has 0 aromatic heterocycles. The Hall–Kier alpha value is -1.11. The van der Waals surface area contributed by atoms with Crippen LogP contribution in [0.15, 0.2) is 30.3 Å². The number of hydrogen-bond acceptors (Lipinski definition) is 0. The molecule has 1 aliphatic heterocycles. The van der Waals surface area contributed by atoms with Crippen molar-refractivity contribution in [3.05, 3.63) is 35.9 Å². The van der Waals surface area contributed by atoms with Crippen LogP contribution in [0, 0.1) is 0 Å². The molecule has 1 heteroatoms. The first-order chi connectivity index (χ1) is 6.45. The quantitative estimate of drug-likeness (QED) is 0.617. The van der Waals surface area contributed by atoms with Gasteiger partial charge in [-0.15, -0.1) is 0 Å². The first-order valence-electron chi connectivity index (χ1n) is 5.06. The molecule has 2 rings (SSSR count). The van der Waals surface area contributed by atoms with Gasteiger partial charge in [-0.3, -0.25) is 0 Å². The Morgan fingerprint density at radius 2 is 2.00 bits per heavy atom. The van der Waals surface area contributed by atoms with Crippen LogP contribution in [-0.2, 0) is 6.42 Å². The molecule has 1 heterocycles. The molecular weight excluding hydrogens is 158 g/mol. The van der Waals surface area contributed by atoms with Crippen molar-refractivity contribution in [1.29, 1.82) is 0 Å². The van der Waals surface area contributed by atoms with E-state index in [4.69, 9.17) is 0 Å². The molecule has 1 aromatic carbocycles. The number of hydrogen-bond donors (Lipinski definition) is 0. The monoisotopic (exact) mass is 174 g/mol. The van der Waals surface area contributed by atoms with Gasteiger partial charge < -0.3 is 0 Å². The number of nitrogens with zero attached hydrogens (tertiary/aromatic N) is 1. The van der Waals surface area contributed by atoms with Crippen molar-refractivity contribution < 1.29 is 4.58 Å². The van der Waals surface area contributed by atoms with Crippen molar-refractivity contribution in [2.24, 2.45) is 0 Å². The maximum absolute atomic E-state index is 2.44. The van der Waals surface area contributed by atoms with Crippen LogP contribution in [0.5, 0.6) is 0 Å². The topological polar surface area (TPSA) is 3.01 Å². The normalized spacial score (nSPS) is 15.8. The van der Waals surface area contributed by atoms with E-state index in [1.54, 1.807) is 0 Å². The second-order valence-electron chi connectivity index (χ2n) is 3.60. The minimum Gasteiger partial charge on any atom is -0.239 e. The average molecular weight is 174 g/mol. The van der Waals surface area contributed by atoms with E-state index in [-0.39, 0.29) is 0 Å². The summed E-state index contributed by atoms with van der Waals surface area (Å²) in [6, 6.07) is 10.7.